The van der Waals surface area contributed by atoms with Gasteiger partial charge in [0.05, 0.1) is 29.8 Å². The van der Waals surface area contributed by atoms with Crippen molar-refractivity contribution in [1.82, 2.24) is 15.8 Å². The van der Waals surface area contributed by atoms with Gasteiger partial charge in [-0.25, -0.2) is 0 Å². The van der Waals surface area contributed by atoms with Crippen LogP contribution in [0, 0.1) is 27.7 Å². The number of hydrogen-bond acceptors (Lipinski definition) is 6. The molecule has 41 heavy (non-hydrogen) atoms. The topological polar surface area (TPSA) is 89.5 Å². The Bertz CT molecular complexity index is 1660. The summed E-state index contributed by atoms with van der Waals surface area (Å²) in [5.41, 5.74) is 7.83. The first-order valence-corrected chi connectivity index (χ1v) is 14.1. The summed E-state index contributed by atoms with van der Waals surface area (Å²) >= 11 is 0. The summed E-state index contributed by atoms with van der Waals surface area (Å²) < 4.78 is 18.2. The second kappa shape index (κ2) is 11.4. The Kier molecular flexibility index (Phi) is 7.47. The Labute approximate surface area is 239 Å². The fourth-order valence-corrected chi connectivity index (χ4v) is 5.58. The third-order valence-corrected chi connectivity index (χ3v) is 7.82. The van der Waals surface area contributed by atoms with Gasteiger partial charge in [0.15, 0.2) is 0 Å². The number of carbonyl (C=O) groups is 1. The van der Waals surface area contributed by atoms with Crippen molar-refractivity contribution in [2.45, 2.75) is 52.4 Å². The van der Waals surface area contributed by atoms with E-state index in [1.807, 2.05) is 56.3 Å². The zero-order chi connectivity index (χ0) is 28.5. The van der Waals surface area contributed by atoms with Crippen LogP contribution in [0.15, 0.2) is 81.7 Å². The Hall–Kier alpha value is -4.20. The van der Waals surface area contributed by atoms with Crippen LogP contribution in [0.5, 0.6) is 0 Å². The van der Waals surface area contributed by atoms with Gasteiger partial charge in [0.1, 0.15) is 23.2 Å². The first kappa shape index (κ1) is 27.0. The van der Waals surface area contributed by atoms with E-state index in [4.69, 9.17) is 13.7 Å². The number of nitrogens with zero attached hydrogens (tertiary/aromatic N) is 1. The van der Waals surface area contributed by atoms with Crippen molar-refractivity contribution in [2.75, 3.05) is 13.1 Å². The van der Waals surface area contributed by atoms with Crippen LogP contribution in [-0.4, -0.2) is 30.3 Å². The monoisotopic (exact) mass is 549 g/mol. The second-order valence-corrected chi connectivity index (χ2v) is 11.0. The van der Waals surface area contributed by atoms with Crippen molar-refractivity contribution in [3.05, 3.63) is 123 Å². The fraction of sp³-hybridized carbons (Fsp3) is 0.294. The van der Waals surface area contributed by atoms with Crippen molar-refractivity contribution in [3.8, 4) is 0 Å². The van der Waals surface area contributed by atoms with Gasteiger partial charge in [0, 0.05) is 18.5 Å². The summed E-state index contributed by atoms with van der Waals surface area (Å²) in [7, 11) is 0. The largest absolute Gasteiger partial charge is 0.458 e. The number of furan rings is 1. The smallest absolute Gasteiger partial charge is 0.225 e. The van der Waals surface area contributed by atoms with Crippen LogP contribution in [0.2, 0.25) is 0 Å². The quantitative estimate of drug-likeness (QED) is 0.228. The lowest BCUT2D eigenvalue weighted by atomic mass is 9.93. The SMILES string of the molecule is Cc1ccc(C(NC(=O)Cc2ccc3oc(C(OC4CNC4)c4c(C)noc4C)cc3c2)c2ccccc2)c(C)c1. The molecule has 1 aliphatic rings. The normalized spacial score (nSPS) is 15.0. The number of fused-ring (bicyclic) bond motifs is 1. The molecule has 1 fully saturated rings. The number of carbonyl (C=O) groups excluding carboxylic acids is 1. The summed E-state index contributed by atoms with van der Waals surface area (Å²) in [6.07, 6.45) is -0.0739. The summed E-state index contributed by atoms with van der Waals surface area (Å²) in [5, 5.41) is 11.6. The molecule has 7 nitrogen and oxygen atoms in total. The Morgan fingerprint density at radius 1 is 1.02 bits per heavy atom. The Morgan fingerprint density at radius 3 is 2.51 bits per heavy atom. The van der Waals surface area contributed by atoms with Crippen molar-refractivity contribution >= 4 is 16.9 Å². The highest BCUT2D eigenvalue weighted by atomic mass is 16.5. The lowest BCUT2D eigenvalue weighted by Crippen LogP contribution is -2.49. The molecule has 0 saturated carbocycles. The van der Waals surface area contributed by atoms with E-state index in [1.165, 1.54) is 5.56 Å². The van der Waals surface area contributed by atoms with Gasteiger partial charge in [0.2, 0.25) is 5.91 Å². The number of amides is 1. The van der Waals surface area contributed by atoms with E-state index >= 15 is 0 Å². The molecule has 2 unspecified atom stereocenters. The molecule has 1 amide bonds. The molecular weight excluding hydrogens is 514 g/mol. The van der Waals surface area contributed by atoms with E-state index in [9.17, 15) is 4.79 Å². The molecule has 2 atom stereocenters. The fourth-order valence-electron chi connectivity index (χ4n) is 5.58. The highest BCUT2D eigenvalue weighted by molar-refractivity contribution is 5.83. The summed E-state index contributed by atoms with van der Waals surface area (Å²) in [4.78, 5) is 13.4. The molecule has 6 rings (SSSR count). The molecule has 0 spiro atoms. The van der Waals surface area contributed by atoms with Gasteiger partial charge in [-0.2, -0.15) is 0 Å². The molecule has 5 aromatic rings. The van der Waals surface area contributed by atoms with E-state index in [1.54, 1.807) is 0 Å². The Morgan fingerprint density at radius 2 is 1.83 bits per heavy atom. The van der Waals surface area contributed by atoms with Crippen LogP contribution in [0.3, 0.4) is 0 Å². The van der Waals surface area contributed by atoms with Crippen molar-refractivity contribution in [2.24, 2.45) is 0 Å². The van der Waals surface area contributed by atoms with Crippen LogP contribution in [0.1, 0.15) is 62.7 Å². The third kappa shape index (κ3) is 5.69. The van der Waals surface area contributed by atoms with Crippen molar-refractivity contribution in [1.29, 1.82) is 0 Å². The molecule has 210 valence electrons. The molecule has 7 heteroatoms. The maximum atomic E-state index is 13.4. The summed E-state index contributed by atoms with van der Waals surface area (Å²) in [5.74, 6) is 1.37. The maximum Gasteiger partial charge on any atom is 0.225 e. The third-order valence-electron chi connectivity index (χ3n) is 7.82. The van der Waals surface area contributed by atoms with Crippen LogP contribution < -0.4 is 10.6 Å². The predicted molar refractivity (Wildman–Crippen MR) is 158 cm³/mol. The molecule has 3 aromatic carbocycles. The van der Waals surface area contributed by atoms with Gasteiger partial charge in [-0.15, -0.1) is 0 Å². The van der Waals surface area contributed by atoms with Crippen LogP contribution in [0.4, 0.5) is 0 Å². The minimum absolute atomic E-state index is 0.0451. The van der Waals surface area contributed by atoms with Crippen LogP contribution in [-0.2, 0) is 16.0 Å². The van der Waals surface area contributed by atoms with E-state index in [2.05, 4.69) is 60.0 Å². The predicted octanol–water partition coefficient (Wildman–Crippen LogP) is 6.18. The van der Waals surface area contributed by atoms with Gasteiger partial charge in [-0.3, -0.25) is 4.79 Å². The van der Waals surface area contributed by atoms with Crippen LogP contribution >= 0.6 is 0 Å². The highest BCUT2D eigenvalue weighted by Gasteiger charge is 2.31. The maximum absolute atomic E-state index is 13.4. The molecular formula is C34H35N3O4. The van der Waals surface area contributed by atoms with Gasteiger partial charge >= 0.3 is 0 Å². The molecule has 1 saturated heterocycles. The van der Waals surface area contributed by atoms with E-state index in [0.717, 1.165) is 63.3 Å². The number of rotatable bonds is 9. The van der Waals surface area contributed by atoms with E-state index < -0.39 is 6.10 Å². The van der Waals surface area contributed by atoms with Gasteiger partial charge < -0.3 is 24.3 Å². The van der Waals surface area contributed by atoms with E-state index in [0.29, 0.717) is 5.76 Å². The molecule has 2 aromatic heterocycles. The molecule has 0 bridgehead atoms. The van der Waals surface area contributed by atoms with Gasteiger partial charge in [0.25, 0.3) is 0 Å². The number of ether oxygens (including phenoxy) is 1. The number of nitrogens with one attached hydrogen (secondary N) is 2. The Balaban J connectivity index is 1.25. The molecule has 2 N–H and O–H groups in total. The average molecular weight is 550 g/mol. The molecule has 0 radical (unpaired) electrons. The molecule has 3 heterocycles. The molecule has 0 aliphatic carbocycles. The van der Waals surface area contributed by atoms with Crippen LogP contribution in [0.25, 0.3) is 11.0 Å². The minimum Gasteiger partial charge on any atom is -0.458 e. The number of aromatic nitrogens is 1. The lowest BCUT2D eigenvalue weighted by molar-refractivity contribution is -0.120. The van der Waals surface area contributed by atoms with Crippen molar-refractivity contribution in [3.63, 3.8) is 0 Å². The average Bonchev–Trinajstić information content (AvgIpc) is 3.50. The first-order valence-electron chi connectivity index (χ1n) is 14.1. The van der Waals surface area contributed by atoms with Gasteiger partial charge in [-0.1, -0.05) is 65.3 Å². The number of benzene rings is 3. The summed E-state index contributed by atoms with van der Waals surface area (Å²) in [6.45, 7) is 9.58. The first-order chi connectivity index (χ1) is 19.9. The number of aryl methyl sites for hydroxylation is 4. The summed E-state index contributed by atoms with van der Waals surface area (Å²) in [6, 6.07) is 24.1. The zero-order valence-corrected chi connectivity index (χ0v) is 23.9. The van der Waals surface area contributed by atoms with Crippen molar-refractivity contribution < 1.29 is 18.5 Å². The van der Waals surface area contributed by atoms with Gasteiger partial charge in [-0.05, 0) is 68.1 Å². The standard InChI is InChI=1S/C34H35N3O4/c1-20-10-12-28(21(2)14-20)33(25-8-6-5-7-9-25)36-31(38)16-24-11-13-29-26(15-24)17-30(40-29)34(39-27-18-35-19-27)32-22(3)37-41-23(32)4/h5-15,17,27,33-35H,16,18-19H2,1-4H3,(H,36,38). The van der Waals surface area contributed by atoms with E-state index in [-0.39, 0.29) is 24.5 Å². The lowest BCUT2D eigenvalue weighted by Gasteiger charge is -2.30. The minimum atomic E-state index is -0.420. The zero-order valence-electron chi connectivity index (χ0n) is 23.9. The number of hydrogen-bond donors (Lipinski definition) is 2. The second-order valence-electron chi connectivity index (χ2n) is 11.0. The highest BCUT2D eigenvalue weighted by Crippen LogP contribution is 2.36. The molecule has 1 aliphatic heterocycles.